The summed E-state index contributed by atoms with van der Waals surface area (Å²) >= 11 is 5.89. The van der Waals surface area contributed by atoms with Crippen molar-refractivity contribution in [2.75, 3.05) is 19.0 Å². The summed E-state index contributed by atoms with van der Waals surface area (Å²) in [4.78, 5) is 23.8. The zero-order valence-electron chi connectivity index (χ0n) is 13.2. The second-order valence-electron chi connectivity index (χ2n) is 5.15. The molecule has 0 bridgehead atoms. The van der Waals surface area contributed by atoms with Crippen LogP contribution in [-0.2, 0) is 9.53 Å². The number of benzene rings is 2. The van der Waals surface area contributed by atoms with Crippen LogP contribution in [0.1, 0.15) is 10.6 Å². The van der Waals surface area contributed by atoms with Gasteiger partial charge in [-0.2, -0.15) is 0 Å². The molecule has 128 valence electrons. The van der Waals surface area contributed by atoms with Crippen LogP contribution in [0.2, 0.25) is 5.02 Å². The molecule has 0 saturated carbocycles. The van der Waals surface area contributed by atoms with Crippen LogP contribution in [0.4, 0.5) is 5.69 Å². The van der Waals surface area contributed by atoms with E-state index in [4.69, 9.17) is 25.5 Å². The quantitative estimate of drug-likeness (QED) is 0.699. The van der Waals surface area contributed by atoms with Gasteiger partial charge in [0, 0.05) is 16.1 Å². The van der Waals surface area contributed by atoms with Gasteiger partial charge >= 0.3 is 5.97 Å². The van der Waals surface area contributed by atoms with Crippen LogP contribution in [0.15, 0.2) is 52.9 Å². The normalized spacial score (nSPS) is 10.5. The summed E-state index contributed by atoms with van der Waals surface area (Å²) in [6, 6.07) is 13.3. The number of ether oxygens (including phenoxy) is 2. The lowest BCUT2D eigenvalue weighted by Crippen LogP contribution is -2.20. The van der Waals surface area contributed by atoms with E-state index in [1.165, 1.54) is 6.07 Å². The van der Waals surface area contributed by atoms with Crippen molar-refractivity contribution < 1.29 is 23.5 Å². The molecular weight excluding hydrogens is 346 g/mol. The zero-order valence-corrected chi connectivity index (χ0v) is 14.0. The van der Waals surface area contributed by atoms with E-state index < -0.39 is 18.5 Å². The third kappa shape index (κ3) is 4.10. The molecule has 3 rings (SSSR count). The summed E-state index contributed by atoms with van der Waals surface area (Å²) in [5.41, 5.74) is 1.08. The summed E-state index contributed by atoms with van der Waals surface area (Å²) in [5.74, 6) is -0.501. The monoisotopic (exact) mass is 359 g/mol. The zero-order chi connectivity index (χ0) is 17.8. The Kier molecular flexibility index (Phi) is 4.90. The van der Waals surface area contributed by atoms with Gasteiger partial charge in [0.15, 0.2) is 6.61 Å². The van der Waals surface area contributed by atoms with E-state index in [0.29, 0.717) is 27.4 Å². The van der Waals surface area contributed by atoms with Gasteiger partial charge in [0.2, 0.25) is 5.76 Å². The summed E-state index contributed by atoms with van der Waals surface area (Å²) in [7, 11) is 1.55. The molecule has 0 aliphatic heterocycles. The topological polar surface area (TPSA) is 77.8 Å². The Morgan fingerprint density at radius 1 is 1.12 bits per heavy atom. The molecule has 0 aliphatic carbocycles. The number of anilines is 1. The number of hydrogen-bond donors (Lipinski definition) is 1. The molecule has 1 N–H and O–H groups in total. The van der Waals surface area contributed by atoms with Crippen molar-refractivity contribution in [2.24, 2.45) is 0 Å². The maximum atomic E-state index is 12.0. The molecule has 0 fully saturated rings. The minimum absolute atomic E-state index is 0.00881. The number of nitrogens with one attached hydrogen (secondary N) is 1. The number of fused-ring (bicyclic) bond motifs is 1. The molecule has 0 unspecified atom stereocenters. The predicted molar refractivity (Wildman–Crippen MR) is 93.1 cm³/mol. The van der Waals surface area contributed by atoms with Crippen molar-refractivity contribution in [3.8, 4) is 5.75 Å². The van der Waals surface area contributed by atoms with Crippen LogP contribution in [0.3, 0.4) is 0 Å². The Hall–Kier alpha value is -2.99. The molecule has 0 radical (unpaired) electrons. The predicted octanol–water partition coefficient (Wildman–Crippen LogP) is 3.89. The first-order valence-corrected chi connectivity index (χ1v) is 7.73. The van der Waals surface area contributed by atoms with Gasteiger partial charge in [0.1, 0.15) is 11.3 Å². The van der Waals surface area contributed by atoms with E-state index in [2.05, 4.69) is 5.32 Å². The van der Waals surface area contributed by atoms with E-state index in [-0.39, 0.29) is 5.76 Å². The standard InChI is InChI=1S/C18H14ClNO5/c1-23-14-5-3-13(4-6-14)20-17(21)10-24-18(22)16-9-11-8-12(19)2-7-15(11)25-16/h2-9H,10H2,1H3,(H,20,21). The van der Waals surface area contributed by atoms with Crippen LogP contribution in [0.5, 0.6) is 5.75 Å². The minimum Gasteiger partial charge on any atom is -0.497 e. The van der Waals surface area contributed by atoms with Crippen LogP contribution >= 0.6 is 11.6 Å². The second kappa shape index (κ2) is 7.27. The Morgan fingerprint density at radius 2 is 1.88 bits per heavy atom. The average Bonchev–Trinajstić information content (AvgIpc) is 3.03. The third-order valence-electron chi connectivity index (χ3n) is 3.39. The Morgan fingerprint density at radius 3 is 2.60 bits per heavy atom. The molecule has 0 spiro atoms. The highest BCUT2D eigenvalue weighted by Crippen LogP contribution is 2.23. The number of rotatable bonds is 5. The molecular formula is C18H14ClNO5. The van der Waals surface area contributed by atoms with Gasteiger partial charge < -0.3 is 19.2 Å². The fraction of sp³-hybridized carbons (Fsp3) is 0.111. The fourth-order valence-corrected chi connectivity index (χ4v) is 2.37. The number of hydrogen-bond acceptors (Lipinski definition) is 5. The summed E-state index contributed by atoms with van der Waals surface area (Å²) < 4.78 is 15.4. The van der Waals surface area contributed by atoms with Crippen molar-refractivity contribution in [2.45, 2.75) is 0 Å². The number of methoxy groups -OCH3 is 1. The van der Waals surface area contributed by atoms with E-state index in [0.717, 1.165) is 0 Å². The highest BCUT2D eigenvalue weighted by atomic mass is 35.5. The van der Waals surface area contributed by atoms with Gasteiger partial charge in [-0.15, -0.1) is 0 Å². The molecule has 2 aromatic carbocycles. The molecule has 25 heavy (non-hydrogen) atoms. The maximum Gasteiger partial charge on any atom is 0.374 e. The SMILES string of the molecule is COc1ccc(NC(=O)COC(=O)c2cc3cc(Cl)ccc3o2)cc1. The molecule has 1 amide bonds. The van der Waals surface area contributed by atoms with E-state index >= 15 is 0 Å². The lowest BCUT2D eigenvalue weighted by Gasteiger charge is -2.06. The Bertz CT molecular complexity index is 917. The molecule has 0 atom stereocenters. The molecule has 0 saturated heterocycles. The van der Waals surface area contributed by atoms with Crippen LogP contribution in [0, 0.1) is 0 Å². The van der Waals surface area contributed by atoms with Crippen molar-refractivity contribution >= 4 is 40.1 Å². The molecule has 1 heterocycles. The first-order chi connectivity index (χ1) is 12.0. The molecule has 7 heteroatoms. The number of esters is 1. The largest absolute Gasteiger partial charge is 0.497 e. The van der Waals surface area contributed by atoms with Crippen molar-refractivity contribution in [1.82, 2.24) is 0 Å². The summed E-state index contributed by atoms with van der Waals surface area (Å²) in [5, 5.41) is 3.83. The van der Waals surface area contributed by atoms with Gasteiger partial charge in [-0.25, -0.2) is 4.79 Å². The number of halogens is 1. The number of carbonyl (C=O) groups excluding carboxylic acids is 2. The molecule has 0 aliphatic rings. The number of carbonyl (C=O) groups is 2. The minimum atomic E-state index is -0.725. The maximum absolute atomic E-state index is 12.0. The molecule has 1 aromatic heterocycles. The third-order valence-corrected chi connectivity index (χ3v) is 3.62. The fourth-order valence-electron chi connectivity index (χ4n) is 2.19. The number of furan rings is 1. The second-order valence-corrected chi connectivity index (χ2v) is 5.58. The van der Waals surface area contributed by atoms with Crippen LogP contribution in [0.25, 0.3) is 11.0 Å². The first kappa shape index (κ1) is 16.9. The van der Waals surface area contributed by atoms with Gasteiger partial charge in [0.25, 0.3) is 5.91 Å². The lowest BCUT2D eigenvalue weighted by atomic mass is 10.2. The van der Waals surface area contributed by atoms with Gasteiger partial charge in [-0.05, 0) is 48.5 Å². The van der Waals surface area contributed by atoms with Gasteiger partial charge in [-0.3, -0.25) is 4.79 Å². The first-order valence-electron chi connectivity index (χ1n) is 7.35. The Labute approximate surface area is 148 Å². The van der Waals surface area contributed by atoms with E-state index in [9.17, 15) is 9.59 Å². The smallest absolute Gasteiger partial charge is 0.374 e. The van der Waals surface area contributed by atoms with E-state index in [1.54, 1.807) is 49.6 Å². The summed E-state index contributed by atoms with van der Waals surface area (Å²) in [6.45, 7) is -0.428. The van der Waals surface area contributed by atoms with Gasteiger partial charge in [-0.1, -0.05) is 11.6 Å². The van der Waals surface area contributed by atoms with E-state index in [1.807, 2.05) is 0 Å². The number of amides is 1. The molecule has 3 aromatic rings. The summed E-state index contributed by atoms with van der Waals surface area (Å²) in [6.07, 6.45) is 0. The molecule has 6 nitrogen and oxygen atoms in total. The van der Waals surface area contributed by atoms with Crippen LogP contribution < -0.4 is 10.1 Å². The van der Waals surface area contributed by atoms with Crippen molar-refractivity contribution in [3.05, 3.63) is 59.3 Å². The highest BCUT2D eigenvalue weighted by Gasteiger charge is 2.15. The lowest BCUT2D eigenvalue weighted by molar-refractivity contribution is -0.119. The Balaban J connectivity index is 1.57. The average molecular weight is 360 g/mol. The van der Waals surface area contributed by atoms with Crippen LogP contribution in [-0.4, -0.2) is 25.6 Å². The van der Waals surface area contributed by atoms with Crippen molar-refractivity contribution in [3.63, 3.8) is 0 Å². The van der Waals surface area contributed by atoms with Gasteiger partial charge in [0.05, 0.1) is 7.11 Å². The highest BCUT2D eigenvalue weighted by molar-refractivity contribution is 6.31. The van der Waals surface area contributed by atoms with Crippen molar-refractivity contribution in [1.29, 1.82) is 0 Å².